The van der Waals surface area contributed by atoms with E-state index in [-0.39, 0.29) is 6.07 Å². The number of anilines is 1. The molecule has 2 aromatic rings. The second-order valence-corrected chi connectivity index (χ2v) is 7.23. The second kappa shape index (κ2) is 6.90. The Labute approximate surface area is 151 Å². The topological polar surface area (TPSA) is 55.4 Å². The summed E-state index contributed by atoms with van der Waals surface area (Å²) >= 11 is 1.31. The fraction of sp³-hybridized carbons (Fsp3) is 0.0769. The van der Waals surface area contributed by atoms with Crippen LogP contribution in [0.25, 0.3) is 0 Å². The predicted octanol–water partition coefficient (Wildman–Crippen LogP) is 4.41. The first-order valence-corrected chi connectivity index (χ1v) is 8.68. The smallest absolute Gasteiger partial charge is 0.403 e. The van der Waals surface area contributed by atoms with Gasteiger partial charge in [0.05, 0.1) is 14.2 Å². The number of benzene rings is 2. The lowest BCUT2D eigenvalue weighted by atomic mass is 10.3. The molecule has 0 aromatic heterocycles. The van der Waals surface area contributed by atoms with Gasteiger partial charge in [0.25, 0.3) is 10.0 Å². The number of halogens is 7. The van der Waals surface area contributed by atoms with E-state index in [1.165, 1.54) is 22.6 Å². The molecule has 0 aliphatic heterocycles. The van der Waals surface area contributed by atoms with Gasteiger partial charge >= 0.3 is 6.36 Å². The van der Waals surface area contributed by atoms with E-state index < -0.39 is 53.7 Å². The van der Waals surface area contributed by atoms with E-state index >= 15 is 0 Å². The van der Waals surface area contributed by atoms with Gasteiger partial charge in [0.1, 0.15) is 5.82 Å². The molecule has 0 heterocycles. The average Bonchev–Trinajstić information content (AvgIpc) is 2.48. The molecule has 4 nitrogen and oxygen atoms in total. The van der Waals surface area contributed by atoms with Crippen molar-refractivity contribution in [3.05, 3.63) is 51.4 Å². The van der Waals surface area contributed by atoms with Gasteiger partial charge in [-0.1, -0.05) is 0 Å². The van der Waals surface area contributed by atoms with Gasteiger partial charge in [0, 0.05) is 6.07 Å². The van der Waals surface area contributed by atoms with Gasteiger partial charge in [-0.2, -0.15) is 0 Å². The molecule has 0 saturated carbocycles. The van der Waals surface area contributed by atoms with Crippen LogP contribution < -0.4 is 9.46 Å². The van der Waals surface area contributed by atoms with Crippen molar-refractivity contribution in [3.63, 3.8) is 0 Å². The van der Waals surface area contributed by atoms with E-state index in [1.54, 1.807) is 4.72 Å². The summed E-state index contributed by atoms with van der Waals surface area (Å²) in [6, 6.07) is 2.98. The Morgan fingerprint density at radius 2 is 1.60 bits per heavy atom. The molecular weight excluding hydrogens is 491 g/mol. The highest BCUT2D eigenvalue weighted by Crippen LogP contribution is 2.30. The van der Waals surface area contributed by atoms with Gasteiger partial charge in [-0.3, -0.25) is 4.72 Å². The molecule has 0 amide bonds. The number of nitrogens with one attached hydrogen (secondary N) is 1. The van der Waals surface area contributed by atoms with Crippen molar-refractivity contribution in [1.29, 1.82) is 0 Å². The van der Waals surface area contributed by atoms with Crippen LogP contribution in [0.5, 0.6) is 5.75 Å². The molecule has 0 aliphatic rings. The average molecular weight is 497 g/mol. The van der Waals surface area contributed by atoms with Gasteiger partial charge in [-0.25, -0.2) is 21.6 Å². The molecule has 1 N–H and O–H groups in total. The molecule has 0 aliphatic carbocycles. The van der Waals surface area contributed by atoms with E-state index in [0.717, 1.165) is 12.1 Å². The van der Waals surface area contributed by atoms with Crippen molar-refractivity contribution in [2.24, 2.45) is 0 Å². The summed E-state index contributed by atoms with van der Waals surface area (Å²) in [5.74, 6) is -4.95. The minimum absolute atomic E-state index is 0.289. The quantitative estimate of drug-likeness (QED) is 0.387. The Hall–Kier alpha value is -1.70. The number of ether oxygens (including phenoxy) is 1. The summed E-state index contributed by atoms with van der Waals surface area (Å²) in [5.41, 5.74) is -0.631. The fourth-order valence-electron chi connectivity index (χ4n) is 1.66. The summed E-state index contributed by atoms with van der Waals surface area (Å²) < 4.78 is 106. The van der Waals surface area contributed by atoms with Crippen molar-refractivity contribution in [3.8, 4) is 5.75 Å². The lowest BCUT2D eigenvalue weighted by Gasteiger charge is -2.13. The molecule has 12 heteroatoms. The van der Waals surface area contributed by atoms with E-state index in [1.807, 2.05) is 0 Å². The molecule has 25 heavy (non-hydrogen) atoms. The molecule has 0 saturated heterocycles. The monoisotopic (exact) mass is 497 g/mol. The molecule has 0 atom stereocenters. The third-order valence-electron chi connectivity index (χ3n) is 2.72. The van der Waals surface area contributed by atoms with Crippen LogP contribution in [0.1, 0.15) is 0 Å². The van der Waals surface area contributed by atoms with Gasteiger partial charge in [0.15, 0.2) is 17.4 Å². The predicted molar refractivity (Wildman–Crippen MR) is 83.0 cm³/mol. The van der Waals surface area contributed by atoms with E-state index in [0.29, 0.717) is 12.1 Å². The Morgan fingerprint density at radius 3 is 2.20 bits per heavy atom. The number of hydrogen-bond donors (Lipinski definition) is 1. The molecule has 2 aromatic carbocycles. The van der Waals surface area contributed by atoms with Crippen LogP contribution in [0.2, 0.25) is 0 Å². The third-order valence-corrected chi connectivity index (χ3v) is 5.07. The second-order valence-electron chi connectivity index (χ2n) is 4.47. The van der Waals surface area contributed by atoms with Crippen molar-refractivity contribution >= 4 is 38.3 Å². The molecule has 0 unspecified atom stereocenters. The van der Waals surface area contributed by atoms with E-state index in [4.69, 9.17) is 0 Å². The highest BCUT2D eigenvalue weighted by atomic mass is 127. The largest absolute Gasteiger partial charge is 0.573 e. The molecule has 2 rings (SSSR count). The van der Waals surface area contributed by atoms with Crippen LogP contribution in [-0.2, 0) is 10.0 Å². The van der Waals surface area contributed by atoms with E-state index in [9.17, 15) is 34.8 Å². The zero-order valence-corrected chi connectivity index (χ0v) is 14.6. The minimum atomic E-state index is -5.24. The van der Waals surface area contributed by atoms with Crippen molar-refractivity contribution in [2.45, 2.75) is 11.3 Å². The summed E-state index contributed by atoms with van der Waals surface area (Å²) in [6.07, 6.45) is -5.24. The normalized spacial score (nSPS) is 12.1. The standard InChI is InChI=1S/C13H6F6INO3S/c14-7-2-1-6(5-10(7)24-13(17,18)19)25(22,23)21-9-4-3-8(15)12(20)11(9)16/h1-5,21H. The van der Waals surface area contributed by atoms with Crippen LogP contribution in [0.15, 0.2) is 35.2 Å². The van der Waals surface area contributed by atoms with Gasteiger partial charge in [-0.05, 0) is 46.9 Å². The Kier molecular flexibility index (Phi) is 5.41. The van der Waals surface area contributed by atoms with Gasteiger partial charge in [0.2, 0.25) is 0 Å². The molecular formula is C13H6F6INO3S. The number of rotatable bonds is 4. The first-order chi connectivity index (χ1) is 11.4. The third kappa shape index (κ3) is 4.68. The van der Waals surface area contributed by atoms with Gasteiger partial charge < -0.3 is 4.74 Å². The Balaban J connectivity index is 2.41. The molecule has 0 spiro atoms. The maximum Gasteiger partial charge on any atom is 0.573 e. The molecule has 0 bridgehead atoms. The highest BCUT2D eigenvalue weighted by molar-refractivity contribution is 14.1. The molecule has 136 valence electrons. The minimum Gasteiger partial charge on any atom is -0.403 e. The Morgan fingerprint density at radius 1 is 1.00 bits per heavy atom. The van der Waals surface area contributed by atoms with Crippen LogP contribution in [-0.4, -0.2) is 14.8 Å². The van der Waals surface area contributed by atoms with Gasteiger partial charge in [-0.15, -0.1) is 13.2 Å². The zero-order valence-electron chi connectivity index (χ0n) is 11.7. The summed E-state index contributed by atoms with van der Waals surface area (Å²) in [6.45, 7) is 0. The summed E-state index contributed by atoms with van der Waals surface area (Å²) in [4.78, 5) is -0.813. The number of alkyl halides is 3. The lowest BCUT2D eigenvalue weighted by molar-refractivity contribution is -0.275. The SMILES string of the molecule is O=S(=O)(Nc1ccc(F)c(I)c1F)c1ccc(F)c(OC(F)(F)F)c1. The van der Waals surface area contributed by atoms with Crippen molar-refractivity contribution in [1.82, 2.24) is 0 Å². The number of sulfonamides is 1. The maximum absolute atomic E-state index is 13.9. The molecule has 0 fully saturated rings. The summed E-state index contributed by atoms with van der Waals surface area (Å²) in [5, 5.41) is 0. The fourth-order valence-corrected chi connectivity index (χ4v) is 3.21. The highest BCUT2D eigenvalue weighted by Gasteiger charge is 2.33. The first-order valence-electron chi connectivity index (χ1n) is 6.12. The number of hydrogen-bond acceptors (Lipinski definition) is 3. The van der Waals surface area contributed by atoms with Crippen LogP contribution in [0, 0.1) is 21.0 Å². The van der Waals surface area contributed by atoms with Crippen LogP contribution in [0.4, 0.5) is 32.0 Å². The van der Waals surface area contributed by atoms with Crippen LogP contribution in [0.3, 0.4) is 0 Å². The van der Waals surface area contributed by atoms with Crippen molar-refractivity contribution in [2.75, 3.05) is 4.72 Å². The van der Waals surface area contributed by atoms with E-state index in [2.05, 4.69) is 4.74 Å². The maximum atomic E-state index is 13.9. The molecule has 0 radical (unpaired) electrons. The zero-order chi connectivity index (χ0) is 19.0. The summed E-state index contributed by atoms with van der Waals surface area (Å²) in [7, 11) is -4.59. The Bertz CT molecular complexity index is 917. The lowest BCUT2D eigenvalue weighted by Crippen LogP contribution is -2.19. The van der Waals surface area contributed by atoms with Crippen LogP contribution >= 0.6 is 22.6 Å². The van der Waals surface area contributed by atoms with Crippen molar-refractivity contribution < 1.29 is 39.5 Å². The first kappa shape index (κ1) is 19.6.